The molecule has 0 radical (unpaired) electrons. The lowest BCUT2D eigenvalue weighted by atomic mass is 9.98. The minimum Gasteiger partial charge on any atom is -0.454 e. The van der Waals surface area contributed by atoms with E-state index in [4.69, 9.17) is 21.8 Å². The zero-order valence-corrected chi connectivity index (χ0v) is 16.4. The first-order chi connectivity index (χ1) is 14.1. The monoisotopic (exact) mass is 409 g/mol. The Morgan fingerprint density at radius 2 is 2.10 bits per heavy atom. The van der Waals surface area contributed by atoms with Crippen LogP contribution in [0.5, 0.6) is 0 Å². The predicted octanol–water partition coefficient (Wildman–Crippen LogP) is 3.44. The number of hydrogen-bond donors (Lipinski definition) is 2. The molecule has 3 N–H and O–H groups in total. The van der Waals surface area contributed by atoms with E-state index in [-0.39, 0.29) is 16.8 Å². The fraction of sp³-hybridized carbons (Fsp3) is 0.286. The summed E-state index contributed by atoms with van der Waals surface area (Å²) in [6.07, 6.45) is 6.04. The van der Waals surface area contributed by atoms with Crippen molar-refractivity contribution in [2.45, 2.75) is 19.4 Å². The number of nitrogen functional groups attached to an aromatic ring is 1. The third kappa shape index (κ3) is 3.26. The number of hydrogen-bond acceptors (Lipinski definition) is 6. The van der Waals surface area contributed by atoms with Crippen LogP contribution >= 0.6 is 11.6 Å². The molecule has 29 heavy (non-hydrogen) atoms. The lowest BCUT2D eigenvalue weighted by Crippen LogP contribution is -2.29. The van der Waals surface area contributed by atoms with E-state index < -0.39 is 0 Å². The van der Waals surface area contributed by atoms with Gasteiger partial charge in [0.25, 0.3) is 0 Å². The molecular weight excluding hydrogens is 390 g/mol. The third-order valence-corrected chi connectivity index (χ3v) is 5.82. The molecule has 0 atom stereocenters. The van der Waals surface area contributed by atoms with Gasteiger partial charge in [0, 0.05) is 23.9 Å². The van der Waals surface area contributed by atoms with Gasteiger partial charge < -0.3 is 15.5 Å². The summed E-state index contributed by atoms with van der Waals surface area (Å²) in [5.41, 5.74) is 8.42. The summed E-state index contributed by atoms with van der Waals surface area (Å²) >= 11 is 6.18. The van der Waals surface area contributed by atoms with Crippen molar-refractivity contribution in [2.24, 2.45) is 5.92 Å². The molecule has 4 aromatic rings. The summed E-state index contributed by atoms with van der Waals surface area (Å²) in [7, 11) is 0. The smallest absolute Gasteiger partial charge is 0.220 e. The number of pyridine rings is 1. The number of nitrogens with two attached hydrogens (primary N) is 1. The minimum absolute atomic E-state index is 0.175. The molecule has 1 saturated heterocycles. The Hall–Kier alpha value is -2.90. The Kier molecular flexibility index (Phi) is 4.49. The second-order valence-electron chi connectivity index (χ2n) is 7.46. The van der Waals surface area contributed by atoms with Gasteiger partial charge in [-0.2, -0.15) is 5.10 Å². The molecular formula is C21H20ClN5O2. The van der Waals surface area contributed by atoms with Crippen LogP contribution in [0.4, 0.5) is 5.82 Å². The molecule has 7 nitrogen and oxygen atoms in total. The highest BCUT2D eigenvalue weighted by Gasteiger charge is 2.17. The van der Waals surface area contributed by atoms with E-state index in [0.717, 1.165) is 38.0 Å². The molecule has 0 saturated carbocycles. The summed E-state index contributed by atoms with van der Waals surface area (Å²) in [6.45, 7) is 2.98. The topological polar surface area (TPSA) is 99.0 Å². The van der Waals surface area contributed by atoms with Crippen molar-refractivity contribution in [3.05, 3.63) is 51.9 Å². The van der Waals surface area contributed by atoms with Gasteiger partial charge in [-0.05, 0) is 50.0 Å². The Morgan fingerprint density at radius 1 is 1.28 bits per heavy atom. The van der Waals surface area contributed by atoms with Gasteiger partial charge in [0.15, 0.2) is 11.1 Å². The van der Waals surface area contributed by atoms with E-state index in [9.17, 15) is 4.79 Å². The van der Waals surface area contributed by atoms with Crippen molar-refractivity contribution in [1.29, 1.82) is 0 Å². The standard InChI is InChI=1S/C21H20ClN5O2/c22-15-2-1-3-16-18(15)20(28)19-17(29-16)8-14(21(23)26-19)13-9-25-27(11-13)10-12-4-6-24-7-5-12/h1-3,8-9,11-12,24H,4-7,10H2,(H2,23,26). The first kappa shape index (κ1) is 18.1. The van der Waals surface area contributed by atoms with E-state index in [0.29, 0.717) is 33.1 Å². The number of aromatic nitrogens is 3. The minimum atomic E-state index is -0.285. The van der Waals surface area contributed by atoms with Crippen LogP contribution in [0.25, 0.3) is 33.2 Å². The van der Waals surface area contributed by atoms with Crippen molar-refractivity contribution >= 4 is 39.5 Å². The number of nitrogens with one attached hydrogen (secondary N) is 1. The number of benzene rings is 1. The quantitative estimate of drug-likeness (QED) is 0.503. The number of piperidine rings is 1. The van der Waals surface area contributed by atoms with E-state index in [1.54, 1.807) is 30.5 Å². The fourth-order valence-electron chi connectivity index (χ4n) is 3.96. The number of nitrogens with zero attached hydrogens (tertiary/aromatic N) is 3. The van der Waals surface area contributed by atoms with Gasteiger partial charge >= 0.3 is 0 Å². The molecule has 148 valence electrons. The van der Waals surface area contributed by atoms with Crippen LogP contribution in [0.3, 0.4) is 0 Å². The Balaban J connectivity index is 1.56. The van der Waals surface area contributed by atoms with Crippen LogP contribution in [0, 0.1) is 5.92 Å². The molecule has 3 aromatic heterocycles. The Bertz CT molecular complexity index is 1270. The molecule has 0 aliphatic carbocycles. The molecule has 1 aliphatic heterocycles. The zero-order valence-electron chi connectivity index (χ0n) is 15.7. The van der Waals surface area contributed by atoms with Crippen molar-refractivity contribution in [3.63, 3.8) is 0 Å². The molecule has 0 unspecified atom stereocenters. The summed E-state index contributed by atoms with van der Waals surface area (Å²) in [5.74, 6) is 0.878. The van der Waals surface area contributed by atoms with Gasteiger partial charge in [-0.3, -0.25) is 9.48 Å². The molecule has 4 heterocycles. The molecule has 1 aromatic carbocycles. The fourth-order valence-corrected chi connectivity index (χ4v) is 4.21. The number of anilines is 1. The molecule has 0 bridgehead atoms. The maximum absolute atomic E-state index is 12.9. The molecule has 1 aliphatic rings. The first-order valence-corrected chi connectivity index (χ1v) is 10.0. The van der Waals surface area contributed by atoms with Crippen LogP contribution in [-0.4, -0.2) is 27.9 Å². The van der Waals surface area contributed by atoms with Gasteiger partial charge in [-0.25, -0.2) is 4.98 Å². The molecule has 8 heteroatoms. The van der Waals surface area contributed by atoms with Gasteiger partial charge in [-0.1, -0.05) is 17.7 Å². The van der Waals surface area contributed by atoms with Crippen LogP contribution in [0.15, 0.2) is 45.9 Å². The first-order valence-electron chi connectivity index (χ1n) is 9.65. The second kappa shape index (κ2) is 7.17. The summed E-state index contributed by atoms with van der Waals surface area (Å²) in [6, 6.07) is 6.87. The Morgan fingerprint density at radius 3 is 2.93 bits per heavy atom. The zero-order chi connectivity index (χ0) is 20.0. The largest absolute Gasteiger partial charge is 0.454 e. The molecule has 0 amide bonds. The highest BCUT2D eigenvalue weighted by atomic mass is 35.5. The maximum Gasteiger partial charge on any atom is 0.220 e. The van der Waals surface area contributed by atoms with Crippen molar-refractivity contribution < 1.29 is 4.42 Å². The Labute approximate surface area is 171 Å². The van der Waals surface area contributed by atoms with E-state index in [1.807, 2.05) is 10.9 Å². The summed E-state index contributed by atoms with van der Waals surface area (Å²) in [4.78, 5) is 17.2. The lowest BCUT2D eigenvalue weighted by molar-refractivity contribution is 0.321. The summed E-state index contributed by atoms with van der Waals surface area (Å²) in [5, 5.41) is 8.52. The maximum atomic E-state index is 12.9. The second-order valence-corrected chi connectivity index (χ2v) is 7.86. The SMILES string of the molecule is Nc1nc2c(=O)c3c(Cl)cccc3oc2cc1-c1cnn(CC2CCNCC2)c1. The van der Waals surface area contributed by atoms with Gasteiger partial charge in [0.05, 0.1) is 16.6 Å². The normalized spacial score (nSPS) is 15.3. The highest BCUT2D eigenvalue weighted by molar-refractivity contribution is 6.35. The molecule has 5 rings (SSSR count). The highest BCUT2D eigenvalue weighted by Crippen LogP contribution is 2.30. The summed E-state index contributed by atoms with van der Waals surface area (Å²) < 4.78 is 7.87. The predicted molar refractivity (Wildman–Crippen MR) is 114 cm³/mol. The molecule has 0 spiro atoms. The van der Waals surface area contributed by atoms with Crippen molar-refractivity contribution in [1.82, 2.24) is 20.1 Å². The van der Waals surface area contributed by atoms with Crippen LogP contribution in [-0.2, 0) is 6.54 Å². The lowest BCUT2D eigenvalue weighted by Gasteiger charge is -2.22. The molecule has 1 fully saturated rings. The number of halogens is 1. The van der Waals surface area contributed by atoms with Crippen molar-refractivity contribution in [3.8, 4) is 11.1 Å². The number of fused-ring (bicyclic) bond motifs is 2. The van der Waals surface area contributed by atoms with E-state index >= 15 is 0 Å². The number of rotatable bonds is 3. The van der Waals surface area contributed by atoms with Gasteiger partial charge in [-0.15, -0.1) is 0 Å². The van der Waals surface area contributed by atoms with Crippen LogP contribution in [0.2, 0.25) is 5.02 Å². The van der Waals surface area contributed by atoms with E-state index in [1.165, 1.54) is 0 Å². The average molecular weight is 410 g/mol. The third-order valence-electron chi connectivity index (χ3n) is 5.50. The van der Waals surface area contributed by atoms with E-state index in [2.05, 4.69) is 15.4 Å². The average Bonchev–Trinajstić information content (AvgIpc) is 3.17. The van der Waals surface area contributed by atoms with Crippen LogP contribution < -0.4 is 16.5 Å². The van der Waals surface area contributed by atoms with Crippen LogP contribution in [0.1, 0.15) is 12.8 Å². The van der Waals surface area contributed by atoms with Gasteiger partial charge in [0.1, 0.15) is 11.4 Å². The van der Waals surface area contributed by atoms with Gasteiger partial charge in [0.2, 0.25) is 5.43 Å². The van der Waals surface area contributed by atoms with Crippen molar-refractivity contribution in [2.75, 3.05) is 18.8 Å².